The third-order valence-corrected chi connectivity index (χ3v) is 5.80. The van der Waals surface area contributed by atoms with E-state index in [0.717, 1.165) is 11.3 Å². The number of ether oxygens (including phenoxy) is 2. The lowest BCUT2D eigenvalue weighted by Gasteiger charge is -2.14. The first-order valence-electron chi connectivity index (χ1n) is 11.6. The minimum atomic E-state index is -1.11. The van der Waals surface area contributed by atoms with Gasteiger partial charge in [-0.2, -0.15) is 5.10 Å². The summed E-state index contributed by atoms with van der Waals surface area (Å²) in [6.45, 7) is 8.02. The number of carbonyl (C=O) groups excluding carboxylic acids is 1. The number of carboxylic acids is 1. The number of hydrogen-bond donors (Lipinski definition) is 3. The molecule has 0 saturated carbocycles. The van der Waals surface area contributed by atoms with Crippen LogP contribution < -0.4 is 20.1 Å². The average molecular weight is 504 g/mol. The third kappa shape index (κ3) is 5.48. The zero-order valence-corrected chi connectivity index (χ0v) is 21.5. The molecule has 2 heterocycles. The highest BCUT2D eigenvalue weighted by Crippen LogP contribution is 2.35. The molecule has 2 amide bonds. The van der Waals surface area contributed by atoms with Gasteiger partial charge in [0.25, 0.3) is 0 Å². The number of carbonyl (C=O) groups is 2. The molecule has 2 aromatic heterocycles. The van der Waals surface area contributed by atoms with E-state index in [0.29, 0.717) is 33.9 Å². The lowest BCUT2D eigenvalue weighted by Crippen LogP contribution is -2.21. The SMILES string of the molecule is COc1cc2nccc(Oc3ccc(NC(=O)Nc4cc(C(C)(C)C)nn4C)cc3C)c2cc1C(=O)O. The van der Waals surface area contributed by atoms with Crippen molar-refractivity contribution < 1.29 is 24.2 Å². The summed E-state index contributed by atoms with van der Waals surface area (Å²) in [5.41, 5.74) is 2.64. The van der Waals surface area contributed by atoms with Gasteiger partial charge >= 0.3 is 12.0 Å². The zero-order valence-electron chi connectivity index (χ0n) is 21.5. The predicted octanol–water partition coefficient (Wildman–Crippen LogP) is 5.72. The second kappa shape index (κ2) is 9.81. The van der Waals surface area contributed by atoms with Gasteiger partial charge in [0.05, 0.1) is 18.3 Å². The summed E-state index contributed by atoms with van der Waals surface area (Å²) in [5.74, 6) is 0.686. The second-order valence-electron chi connectivity index (χ2n) is 9.63. The molecule has 0 aliphatic rings. The van der Waals surface area contributed by atoms with Crippen LogP contribution in [-0.4, -0.2) is 39.0 Å². The molecule has 0 spiro atoms. The molecule has 0 unspecified atom stereocenters. The largest absolute Gasteiger partial charge is 0.496 e. The van der Waals surface area contributed by atoms with Crippen LogP contribution in [0.25, 0.3) is 10.9 Å². The predicted molar refractivity (Wildman–Crippen MR) is 141 cm³/mol. The number of aryl methyl sites for hydroxylation is 2. The van der Waals surface area contributed by atoms with Crippen molar-refractivity contribution >= 4 is 34.4 Å². The topological polar surface area (TPSA) is 128 Å². The first-order chi connectivity index (χ1) is 17.5. The monoisotopic (exact) mass is 503 g/mol. The Morgan fingerprint density at radius 1 is 1.00 bits per heavy atom. The summed E-state index contributed by atoms with van der Waals surface area (Å²) in [6, 6.07) is 11.4. The van der Waals surface area contributed by atoms with Gasteiger partial charge in [0, 0.05) is 41.9 Å². The maximum Gasteiger partial charge on any atom is 0.339 e. The van der Waals surface area contributed by atoms with Gasteiger partial charge in [-0.15, -0.1) is 0 Å². The molecule has 0 fully saturated rings. The molecule has 0 aliphatic heterocycles. The van der Waals surface area contributed by atoms with Crippen molar-refractivity contribution in [3.8, 4) is 17.2 Å². The van der Waals surface area contributed by atoms with E-state index in [9.17, 15) is 14.7 Å². The maximum atomic E-state index is 12.6. The number of amides is 2. The zero-order chi connectivity index (χ0) is 26.9. The molecular weight excluding hydrogens is 474 g/mol. The van der Waals surface area contributed by atoms with E-state index in [1.54, 1.807) is 48.3 Å². The summed E-state index contributed by atoms with van der Waals surface area (Å²) >= 11 is 0. The molecule has 4 rings (SSSR count). The number of methoxy groups -OCH3 is 1. The van der Waals surface area contributed by atoms with Gasteiger partial charge in [-0.3, -0.25) is 15.0 Å². The highest BCUT2D eigenvalue weighted by Gasteiger charge is 2.20. The number of pyridine rings is 1. The Labute approximate surface area is 214 Å². The van der Waals surface area contributed by atoms with Crippen molar-refractivity contribution in [2.24, 2.45) is 7.05 Å². The lowest BCUT2D eigenvalue weighted by atomic mass is 9.92. The maximum absolute atomic E-state index is 12.6. The Balaban J connectivity index is 1.52. The standard InChI is InChI=1S/C27H29N5O5/c1-15-11-16(29-26(35)30-24-14-23(27(2,3)4)31-32(24)5)7-8-20(15)37-21-9-10-28-19-13-22(36-6)18(25(33)34)12-17(19)21/h7-14H,1-6H3,(H,33,34)(H2,29,30,35). The summed E-state index contributed by atoms with van der Waals surface area (Å²) < 4.78 is 12.9. The number of urea groups is 1. The Morgan fingerprint density at radius 3 is 2.38 bits per heavy atom. The molecule has 37 heavy (non-hydrogen) atoms. The van der Waals surface area contributed by atoms with Crippen LogP contribution in [0.15, 0.2) is 48.7 Å². The molecule has 0 aliphatic carbocycles. The van der Waals surface area contributed by atoms with Crippen LogP contribution in [0.1, 0.15) is 42.4 Å². The fraction of sp³-hybridized carbons (Fsp3) is 0.259. The molecule has 0 bridgehead atoms. The Bertz CT molecular complexity index is 1500. The van der Waals surface area contributed by atoms with Gasteiger partial charge in [0.1, 0.15) is 28.6 Å². The average Bonchev–Trinajstić information content (AvgIpc) is 3.20. The molecule has 0 atom stereocenters. The molecule has 4 aromatic rings. The van der Waals surface area contributed by atoms with Crippen LogP contribution in [0.2, 0.25) is 0 Å². The van der Waals surface area contributed by atoms with E-state index in [2.05, 4.69) is 41.5 Å². The molecule has 3 N–H and O–H groups in total. The number of hydrogen-bond acceptors (Lipinski definition) is 6. The van der Waals surface area contributed by atoms with E-state index in [1.807, 2.05) is 13.0 Å². The number of rotatable bonds is 6. The normalized spacial score (nSPS) is 11.3. The number of aromatic carboxylic acids is 1. The molecule has 0 saturated heterocycles. The van der Waals surface area contributed by atoms with Crippen molar-refractivity contribution in [3.63, 3.8) is 0 Å². The summed E-state index contributed by atoms with van der Waals surface area (Å²) in [6.07, 6.45) is 1.58. The number of carboxylic acid groups (broad SMARTS) is 1. The molecule has 2 aromatic carbocycles. The van der Waals surface area contributed by atoms with Crippen LogP contribution in [-0.2, 0) is 12.5 Å². The highest BCUT2D eigenvalue weighted by atomic mass is 16.5. The summed E-state index contributed by atoms with van der Waals surface area (Å²) in [4.78, 5) is 28.6. The van der Waals surface area contributed by atoms with E-state index < -0.39 is 12.0 Å². The minimum Gasteiger partial charge on any atom is -0.496 e. The highest BCUT2D eigenvalue weighted by molar-refractivity contribution is 6.00. The Hall–Kier alpha value is -4.60. The quantitative estimate of drug-likeness (QED) is 0.307. The number of nitrogens with zero attached hydrogens (tertiary/aromatic N) is 3. The third-order valence-electron chi connectivity index (χ3n) is 5.80. The van der Waals surface area contributed by atoms with Crippen molar-refractivity contribution in [1.29, 1.82) is 0 Å². The fourth-order valence-corrected chi connectivity index (χ4v) is 3.76. The van der Waals surface area contributed by atoms with Crippen molar-refractivity contribution in [2.75, 3.05) is 17.7 Å². The van der Waals surface area contributed by atoms with Gasteiger partial charge in [-0.25, -0.2) is 9.59 Å². The smallest absolute Gasteiger partial charge is 0.339 e. The number of aromatic nitrogens is 3. The van der Waals surface area contributed by atoms with Gasteiger partial charge in [0.2, 0.25) is 0 Å². The Kier molecular flexibility index (Phi) is 6.76. The number of benzene rings is 2. The summed E-state index contributed by atoms with van der Waals surface area (Å²) in [5, 5.41) is 20.2. The van der Waals surface area contributed by atoms with Crippen molar-refractivity contribution in [2.45, 2.75) is 33.1 Å². The molecule has 10 nitrogen and oxygen atoms in total. The van der Waals surface area contributed by atoms with E-state index >= 15 is 0 Å². The van der Waals surface area contributed by atoms with Crippen molar-refractivity contribution in [1.82, 2.24) is 14.8 Å². The molecule has 192 valence electrons. The van der Waals surface area contributed by atoms with Crippen LogP contribution in [0, 0.1) is 6.92 Å². The number of nitrogens with one attached hydrogen (secondary N) is 2. The lowest BCUT2D eigenvalue weighted by molar-refractivity contribution is 0.0693. The van der Waals surface area contributed by atoms with Crippen molar-refractivity contribution in [3.05, 3.63) is 65.5 Å². The van der Waals surface area contributed by atoms with Gasteiger partial charge in [0.15, 0.2) is 0 Å². The van der Waals surface area contributed by atoms with Crippen LogP contribution in [0.5, 0.6) is 17.2 Å². The van der Waals surface area contributed by atoms with E-state index in [1.165, 1.54) is 13.2 Å². The van der Waals surface area contributed by atoms with E-state index in [-0.39, 0.29) is 16.7 Å². The van der Waals surface area contributed by atoms with Gasteiger partial charge in [-0.05, 0) is 42.8 Å². The Morgan fingerprint density at radius 2 is 1.76 bits per heavy atom. The summed E-state index contributed by atoms with van der Waals surface area (Å²) in [7, 11) is 3.19. The van der Waals surface area contributed by atoms with Gasteiger partial charge < -0.3 is 19.9 Å². The van der Waals surface area contributed by atoms with Crippen LogP contribution >= 0.6 is 0 Å². The molecule has 0 radical (unpaired) electrons. The fourth-order valence-electron chi connectivity index (χ4n) is 3.76. The number of anilines is 2. The van der Waals surface area contributed by atoms with Gasteiger partial charge in [-0.1, -0.05) is 20.8 Å². The molecular formula is C27H29N5O5. The second-order valence-corrected chi connectivity index (χ2v) is 9.63. The minimum absolute atomic E-state index is 0.0122. The first kappa shape index (κ1) is 25.5. The van der Waals surface area contributed by atoms with Crippen LogP contribution in [0.4, 0.5) is 16.3 Å². The number of fused-ring (bicyclic) bond motifs is 1. The van der Waals surface area contributed by atoms with E-state index in [4.69, 9.17) is 9.47 Å². The first-order valence-corrected chi connectivity index (χ1v) is 11.6. The van der Waals surface area contributed by atoms with Crippen LogP contribution in [0.3, 0.4) is 0 Å². The molecule has 10 heteroatoms.